The first-order valence-electron chi connectivity index (χ1n) is 4.63. The van der Waals surface area contributed by atoms with E-state index in [1.165, 1.54) is 12.5 Å². The zero-order valence-electron chi connectivity index (χ0n) is 8.03. The predicted molar refractivity (Wildman–Crippen MR) is 51.2 cm³/mol. The van der Waals surface area contributed by atoms with Gasteiger partial charge in [0.2, 0.25) is 0 Å². The van der Waals surface area contributed by atoms with Crippen LogP contribution in [-0.2, 0) is 16.0 Å². The minimum absolute atomic E-state index is 0.0173. The van der Waals surface area contributed by atoms with Crippen molar-refractivity contribution in [2.45, 2.75) is 19.4 Å². The van der Waals surface area contributed by atoms with Crippen LogP contribution in [0.2, 0.25) is 0 Å². The van der Waals surface area contributed by atoms with Crippen LogP contribution in [0.15, 0.2) is 24.3 Å². The highest BCUT2D eigenvalue weighted by molar-refractivity contribution is 5.65. The van der Waals surface area contributed by atoms with Crippen molar-refractivity contribution in [3.63, 3.8) is 0 Å². The van der Waals surface area contributed by atoms with Gasteiger partial charge in [-0.3, -0.25) is 4.79 Å². The molecule has 0 aromatic heterocycles. The largest absolute Gasteiger partial charge is 0.486 e. The second-order valence-electron chi connectivity index (χ2n) is 3.35. The monoisotopic (exact) mass is 192 g/mol. The van der Waals surface area contributed by atoms with Crippen LogP contribution in [-0.4, -0.2) is 18.7 Å². The van der Waals surface area contributed by atoms with Crippen LogP contribution in [0.4, 0.5) is 0 Å². The maximum absolute atomic E-state index is 10.6. The molecule has 0 amide bonds. The van der Waals surface area contributed by atoms with Crippen molar-refractivity contribution in [1.82, 2.24) is 0 Å². The quantitative estimate of drug-likeness (QED) is 0.667. The van der Waals surface area contributed by atoms with Gasteiger partial charge in [-0.25, -0.2) is 0 Å². The molecule has 2 rings (SSSR count). The van der Waals surface area contributed by atoms with Crippen LogP contribution in [0, 0.1) is 0 Å². The normalized spacial score (nSPS) is 18.5. The average molecular weight is 192 g/mol. The first kappa shape index (κ1) is 9.06. The summed E-state index contributed by atoms with van der Waals surface area (Å²) in [5.41, 5.74) is 1.18. The van der Waals surface area contributed by atoms with E-state index in [2.05, 4.69) is 0 Å². The van der Waals surface area contributed by atoms with E-state index in [1.54, 1.807) is 0 Å². The highest BCUT2D eigenvalue weighted by Crippen LogP contribution is 2.27. The van der Waals surface area contributed by atoms with Gasteiger partial charge >= 0.3 is 5.97 Å². The van der Waals surface area contributed by atoms with Gasteiger partial charge in [-0.1, -0.05) is 18.2 Å². The molecule has 1 aromatic rings. The maximum atomic E-state index is 10.6. The fraction of sp³-hybridized carbons (Fsp3) is 0.364. The molecule has 3 nitrogen and oxygen atoms in total. The molecule has 0 radical (unpaired) electrons. The lowest BCUT2D eigenvalue weighted by atomic mass is 10.1. The Kier molecular flexibility index (Phi) is 2.39. The van der Waals surface area contributed by atoms with E-state index in [9.17, 15) is 4.79 Å². The summed E-state index contributed by atoms with van der Waals surface area (Å²) in [6.07, 6.45) is 0.806. The van der Waals surface area contributed by atoms with Crippen molar-refractivity contribution < 1.29 is 14.3 Å². The molecule has 1 aliphatic heterocycles. The summed E-state index contributed by atoms with van der Waals surface area (Å²) < 4.78 is 10.5. The zero-order chi connectivity index (χ0) is 9.97. The summed E-state index contributed by atoms with van der Waals surface area (Å²) in [6.45, 7) is 1.74. The van der Waals surface area contributed by atoms with E-state index >= 15 is 0 Å². The van der Waals surface area contributed by atoms with Crippen molar-refractivity contribution >= 4 is 5.97 Å². The van der Waals surface area contributed by atoms with Gasteiger partial charge in [0.15, 0.2) is 0 Å². The molecule has 14 heavy (non-hydrogen) atoms. The zero-order valence-corrected chi connectivity index (χ0v) is 8.03. The van der Waals surface area contributed by atoms with Gasteiger partial charge in [0.25, 0.3) is 0 Å². The molecular formula is C11H12O3. The number of carbonyl (C=O) groups excluding carboxylic acids is 1. The molecule has 1 aliphatic rings. The summed E-state index contributed by atoms with van der Waals surface area (Å²) in [5, 5.41) is 0. The van der Waals surface area contributed by atoms with E-state index in [-0.39, 0.29) is 12.1 Å². The first-order valence-corrected chi connectivity index (χ1v) is 4.63. The lowest BCUT2D eigenvalue weighted by Crippen LogP contribution is -2.21. The molecule has 0 fully saturated rings. The van der Waals surface area contributed by atoms with Gasteiger partial charge in [0, 0.05) is 13.3 Å². The number of fused-ring (bicyclic) bond motifs is 1. The molecule has 0 N–H and O–H groups in total. The summed E-state index contributed by atoms with van der Waals surface area (Å²) in [7, 11) is 0. The van der Waals surface area contributed by atoms with E-state index in [1.807, 2.05) is 24.3 Å². The number of hydrogen-bond acceptors (Lipinski definition) is 3. The number of carbonyl (C=O) groups is 1. The Bertz CT molecular complexity index is 321. The minimum atomic E-state index is -0.260. The Morgan fingerprint density at radius 1 is 1.57 bits per heavy atom. The van der Waals surface area contributed by atoms with E-state index in [4.69, 9.17) is 9.47 Å². The smallest absolute Gasteiger partial charge is 0.302 e. The molecule has 3 heteroatoms. The lowest BCUT2D eigenvalue weighted by Gasteiger charge is -2.09. The fourth-order valence-corrected chi connectivity index (χ4v) is 1.56. The molecule has 0 saturated heterocycles. The number of para-hydroxylation sites is 1. The molecule has 74 valence electrons. The lowest BCUT2D eigenvalue weighted by molar-refractivity contribution is -0.143. The van der Waals surface area contributed by atoms with Crippen LogP contribution in [0.1, 0.15) is 12.5 Å². The fourth-order valence-electron chi connectivity index (χ4n) is 1.56. The van der Waals surface area contributed by atoms with Crippen molar-refractivity contribution in [3.8, 4) is 5.75 Å². The topological polar surface area (TPSA) is 35.5 Å². The van der Waals surface area contributed by atoms with Gasteiger partial charge in [-0.2, -0.15) is 0 Å². The Balaban J connectivity index is 1.95. The van der Waals surface area contributed by atoms with Crippen molar-refractivity contribution in [1.29, 1.82) is 0 Å². The van der Waals surface area contributed by atoms with Crippen LogP contribution in [0.3, 0.4) is 0 Å². The standard InChI is InChI=1S/C11H12O3/c1-8(12)13-7-10-6-9-4-2-3-5-11(9)14-10/h2-5,10H,6-7H2,1H3. The van der Waals surface area contributed by atoms with Crippen LogP contribution >= 0.6 is 0 Å². The van der Waals surface area contributed by atoms with E-state index in [0.717, 1.165) is 12.2 Å². The second-order valence-corrected chi connectivity index (χ2v) is 3.35. The highest BCUT2D eigenvalue weighted by atomic mass is 16.6. The van der Waals surface area contributed by atoms with Gasteiger partial charge in [-0.05, 0) is 11.6 Å². The molecule has 0 spiro atoms. The van der Waals surface area contributed by atoms with Gasteiger partial charge in [0.05, 0.1) is 0 Å². The molecule has 1 heterocycles. The Labute approximate surface area is 82.6 Å². The number of ether oxygens (including phenoxy) is 2. The molecule has 0 saturated carbocycles. The van der Waals surface area contributed by atoms with E-state index in [0.29, 0.717) is 6.61 Å². The summed E-state index contributed by atoms with van der Waals surface area (Å²) in [5.74, 6) is 0.647. The summed E-state index contributed by atoms with van der Waals surface area (Å²) in [6, 6.07) is 7.88. The highest BCUT2D eigenvalue weighted by Gasteiger charge is 2.22. The Morgan fingerprint density at radius 3 is 3.07 bits per heavy atom. The van der Waals surface area contributed by atoms with Gasteiger partial charge in [-0.15, -0.1) is 0 Å². The third-order valence-electron chi connectivity index (χ3n) is 2.19. The van der Waals surface area contributed by atoms with Crippen LogP contribution in [0.25, 0.3) is 0 Å². The SMILES string of the molecule is CC(=O)OCC1Cc2ccccc2O1. The van der Waals surface area contributed by atoms with Crippen LogP contribution in [0.5, 0.6) is 5.75 Å². The maximum Gasteiger partial charge on any atom is 0.302 e. The minimum Gasteiger partial charge on any atom is -0.486 e. The number of rotatable bonds is 2. The number of esters is 1. The molecule has 1 atom stereocenters. The molecule has 1 aromatic carbocycles. The first-order chi connectivity index (χ1) is 6.75. The van der Waals surface area contributed by atoms with Crippen molar-refractivity contribution in [3.05, 3.63) is 29.8 Å². The van der Waals surface area contributed by atoms with Crippen LogP contribution < -0.4 is 4.74 Å². The average Bonchev–Trinajstić information content (AvgIpc) is 2.57. The predicted octanol–water partition coefficient (Wildman–Crippen LogP) is 1.55. The second kappa shape index (κ2) is 3.70. The van der Waals surface area contributed by atoms with Gasteiger partial charge < -0.3 is 9.47 Å². The Morgan fingerprint density at radius 2 is 2.36 bits per heavy atom. The van der Waals surface area contributed by atoms with Crippen molar-refractivity contribution in [2.75, 3.05) is 6.61 Å². The van der Waals surface area contributed by atoms with Gasteiger partial charge in [0.1, 0.15) is 18.5 Å². The molecule has 1 unspecified atom stereocenters. The van der Waals surface area contributed by atoms with Crippen molar-refractivity contribution in [2.24, 2.45) is 0 Å². The molecular weight excluding hydrogens is 180 g/mol. The Hall–Kier alpha value is -1.51. The van der Waals surface area contributed by atoms with E-state index < -0.39 is 0 Å². The third-order valence-corrected chi connectivity index (χ3v) is 2.19. The molecule has 0 aliphatic carbocycles. The third kappa shape index (κ3) is 1.87. The number of benzene rings is 1. The number of hydrogen-bond donors (Lipinski definition) is 0. The summed E-state index contributed by atoms with van der Waals surface area (Å²) >= 11 is 0. The molecule has 0 bridgehead atoms. The summed E-state index contributed by atoms with van der Waals surface area (Å²) in [4.78, 5) is 10.6.